The summed E-state index contributed by atoms with van der Waals surface area (Å²) in [4.78, 5) is 19.1. The van der Waals surface area contributed by atoms with E-state index < -0.39 is 0 Å². The van der Waals surface area contributed by atoms with Crippen molar-refractivity contribution >= 4 is 16.9 Å². The maximum atomic E-state index is 12.5. The summed E-state index contributed by atoms with van der Waals surface area (Å²) in [5, 5.41) is 5.92. The van der Waals surface area contributed by atoms with Crippen molar-refractivity contribution in [3.63, 3.8) is 0 Å². The first-order valence-electron chi connectivity index (χ1n) is 11.1. The van der Waals surface area contributed by atoms with Crippen molar-refractivity contribution in [2.24, 2.45) is 0 Å². The predicted molar refractivity (Wildman–Crippen MR) is 127 cm³/mol. The molecular weight excluding hydrogens is 416 g/mol. The number of para-hydroxylation sites is 1. The van der Waals surface area contributed by atoms with Gasteiger partial charge in [0.2, 0.25) is 5.88 Å². The van der Waals surface area contributed by atoms with E-state index in [4.69, 9.17) is 19.6 Å². The van der Waals surface area contributed by atoms with Gasteiger partial charge >= 0.3 is 0 Å². The van der Waals surface area contributed by atoms with Crippen LogP contribution in [0.15, 0.2) is 60.7 Å². The minimum Gasteiger partial charge on any atom is -0.467 e. The van der Waals surface area contributed by atoms with E-state index in [-0.39, 0.29) is 12.5 Å². The fourth-order valence-corrected chi connectivity index (χ4v) is 4.13. The number of benzene rings is 2. The highest BCUT2D eigenvalue weighted by Gasteiger charge is 2.21. The summed E-state index contributed by atoms with van der Waals surface area (Å²) in [7, 11) is 0. The lowest BCUT2D eigenvalue weighted by Gasteiger charge is -2.26. The summed E-state index contributed by atoms with van der Waals surface area (Å²) in [5.41, 5.74) is 5.69. The number of hydrogen-bond acceptors (Lipinski definition) is 5. The van der Waals surface area contributed by atoms with E-state index in [2.05, 4.69) is 25.1 Å². The number of rotatable bonds is 5. The number of carbonyl (C=O) groups excluding carboxylic acids is 1. The summed E-state index contributed by atoms with van der Waals surface area (Å²) >= 11 is 0. The van der Waals surface area contributed by atoms with Gasteiger partial charge in [-0.25, -0.2) is 4.68 Å². The van der Waals surface area contributed by atoms with Gasteiger partial charge in [-0.05, 0) is 37.6 Å². The molecule has 1 saturated heterocycles. The third-order valence-electron chi connectivity index (χ3n) is 5.81. The van der Waals surface area contributed by atoms with Crippen molar-refractivity contribution in [1.29, 1.82) is 0 Å². The molecule has 0 unspecified atom stereocenters. The van der Waals surface area contributed by atoms with Gasteiger partial charge in [-0.2, -0.15) is 10.1 Å². The van der Waals surface area contributed by atoms with Gasteiger partial charge in [0.05, 0.1) is 24.3 Å². The summed E-state index contributed by atoms with van der Waals surface area (Å²) in [6, 6.07) is 20.1. The maximum absolute atomic E-state index is 12.5. The molecule has 33 heavy (non-hydrogen) atoms. The zero-order chi connectivity index (χ0) is 22.8. The maximum Gasteiger partial charge on any atom is 0.260 e. The van der Waals surface area contributed by atoms with Crippen LogP contribution >= 0.6 is 0 Å². The smallest absolute Gasteiger partial charge is 0.260 e. The monoisotopic (exact) mass is 442 g/mol. The van der Waals surface area contributed by atoms with Gasteiger partial charge in [-0.1, -0.05) is 42.0 Å². The highest BCUT2D eigenvalue weighted by molar-refractivity contribution is 5.95. The standard InChI is InChI=1S/C26H26N4O3/c1-18-7-6-8-20(15-18)25-24-19(2)16-22(33-17-23(31)29-11-13-32-14-12-29)27-26(24)30(28-25)21-9-4-3-5-10-21/h3-10,15-16H,11-14,17H2,1-2H3. The molecular formula is C26H26N4O3. The van der Waals surface area contributed by atoms with Crippen molar-refractivity contribution < 1.29 is 14.3 Å². The molecule has 0 saturated carbocycles. The predicted octanol–water partition coefficient (Wildman–Crippen LogP) is 3.94. The van der Waals surface area contributed by atoms with Gasteiger partial charge in [0.1, 0.15) is 5.69 Å². The molecule has 0 aliphatic carbocycles. The average molecular weight is 443 g/mol. The molecule has 1 aliphatic rings. The van der Waals surface area contributed by atoms with Crippen LogP contribution in [0.4, 0.5) is 0 Å². The van der Waals surface area contributed by atoms with Crippen LogP contribution < -0.4 is 4.74 Å². The number of carbonyl (C=O) groups is 1. The molecule has 0 radical (unpaired) electrons. The number of aromatic nitrogens is 3. The highest BCUT2D eigenvalue weighted by atomic mass is 16.5. The molecule has 0 bridgehead atoms. The summed E-state index contributed by atoms with van der Waals surface area (Å²) in [6.45, 7) is 6.35. The number of pyridine rings is 1. The Morgan fingerprint density at radius 2 is 1.82 bits per heavy atom. The number of amides is 1. The molecule has 1 aliphatic heterocycles. The molecule has 0 N–H and O–H groups in total. The highest BCUT2D eigenvalue weighted by Crippen LogP contribution is 2.33. The van der Waals surface area contributed by atoms with Crippen molar-refractivity contribution in [3.05, 3.63) is 71.8 Å². The number of aryl methyl sites for hydroxylation is 2. The lowest BCUT2D eigenvalue weighted by atomic mass is 10.0. The zero-order valence-electron chi connectivity index (χ0n) is 18.8. The fourth-order valence-electron chi connectivity index (χ4n) is 4.13. The quantitative estimate of drug-likeness (QED) is 0.468. The zero-order valence-corrected chi connectivity index (χ0v) is 18.8. The normalized spacial score (nSPS) is 13.9. The second kappa shape index (κ2) is 9.03. The van der Waals surface area contributed by atoms with Crippen LogP contribution in [-0.2, 0) is 9.53 Å². The van der Waals surface area contributed by atoms with E-state index in [0.29, 0.717) is 37.8 Å². The third-order valence-corrected chi connectivity index (χ3v) is 5.81. The number of nitrogens with zero attached hydrogens (tertiary/aromatic N) is 4. The minimum absolute atomic E-state index is 0.0534. The Hall–Kier alpha value is -3.71. The van der Waals surface area contributed by atoms with E-state index in [9.17, 15) is 4.79 Å². The van der Waals surface area contributed by atoms with Crippen LogP contribution in [0.1, 0.15) is 11.1 Å². The van der Waals surface area contributed by atoms with Gasteiger partial charge in [0.25, 0.3) is 5.91 Å². The molecule has 2 aromatic carbocycles. The summed E-state index contributed by atoms with van der Waals surface area (Å²) in [5.74, 6) is 0.351. The Morgan fingerprint density at radius 1 is 1.03 bits per heavy atom. The molecule has 168 valence electrons. The molecule has 5 rings (SSSR count). The van der Waals surface area contributed by atoms with Crippen LogP contribution in [-0.4, -0.2) is 58.5 Å². The molecule has 7 nitrogen and oxygen atoms in total. The van der Waals surface area contributed by atoms with Crippen molar-refractivity contribution in [2.75, 3.05) is 32.9 Å². The van der Waals surface area contributed by atoms with Crippen LogP contribution in [0.3, 0.4) is 0 Å². The Labute approximate surface area is 192 Å². The molecule has 7 heteroatoms. The van der Waals surface area contributed by atoms with Gasteiger partial charge in [-0.3, -0.25) is 4.79 Å². The molecule has 3 heterocycles. The van der Waals surface area contributed by atoms with Crippen LogP contribution in [0, 0.1) is 13.8 Å². The van der Waals surface area contributed by atoms with Crippen molar-refractivity contribution in [1.82, 2.24) is 19.7 Å². The molecule has 0 atom stereocenters. The largest absolute Gasteiger partial charge is 0.467 e. The van der Waals surface area contributed by atoms with Crippen molar-refractivity contribution in [2.45, 2.75) is 13.8 Å². The Bertz CT molecular complexity index is 1290. The third kappa shape index (κ3) is 4.32. The average Bonchev–Trinajstić information content (AvgIpc) is 3.24. The second-order valence-electron chi connectivity index (χ2n) is 8.22. The van der Waals surface area contributed by atoms with Crippen LogP contribution in [0.5, 0.6) is 5.88 Å². The van der Waals surface area contributed by atoms with Gasteiger partial charge < -0.3 is 14.4 Å². The van der Waals surface area contributed by atoms with E-state index in [1.165, 1.54) is 5.56 Å². The number of fused-ring (bicyclic) bond motifs is 1. The SMILES string of the molecule is Cc1cccc(-c2nn(-c3ccccc3)c3nc(OCC(=O)N4CCOCC4)cc(C)c23)c1. The minimum atomic E-state index is -0.0603. The lowest BCUT2D eigenvalue weighted by Crippen LogP contribution is -2.43. The summed E-state index contributed by atoms with van der Waals surface area (Å²) < 4.78 is 13.0. The molecule has 2 aromatic heterocycles. The van der Waals surface area contributed by atoms with E-state index in [0.717, 1.165) is 27.9 Å². The van der Waals surface area contributed by atoms with Gasteiger partial charge in [0.15, 0.2) is 12.3 Å². The van der Waals surface area contributed by atoms with Crippen molar-refractivity contribution in [3.8, 4) is 22.8 Å². The number of hydrogen-bond donors (Lipinski definition) is 0. The van der Waals surface area contributed by atoms with Gasteiger partial charge in [-0.15, -0.1) is 0 Å². The first-order valence-corrected chi connectivity index (χ1v) is 11.1. The Kier molecular flexibility index (Phi) is 5.79. The van der Waals surface area contributed by atoms with Gasteiger partial charge in [0, 0.05) is 24.7 Å². The molecule has 1 fully saturated rings. The second-order valence-corrected chi connectivity index (χ2v) is 8.22. The Morgan fingerprint density at radius 3 is 2.58 bits per heavy atom. The number of morpholine rings is 1. The first-order chi connectivity index (χ1) is 16.1. The molecule has 0 spiro atoms. The van der Waals surface area contributed by atoms with E-state index in [1.54, 1.807) is 4.90 Å². The topological polar surface area (TPSA) is 69.5 Å². The lowest BCUT2D eigenvalue weighted by molar-refractivity contribution is -0.137. The molecule has 1 amide bonds. The Balaban J connectivity index is 1.55. The first kappa shape index (κ1) is 21.2. The van der Waals surface area contributed by atoms with Crippen LogP contribution in [0.25, 0.3) is 28.0 Å². The number of ether oxygens (including phenoxy) is 2. The molecule has 4 aromatic rings. The van der Waals surface area contributed by atoms with E-state index >= 15 is 0 Å². The summed E-state index contributed by atoms with van der Waals surface area (Å²) in [6.07, 6.45) is 0. The van der Waals surface area contributed by atoms with Crippen LogP contribution in [0.2, 0.25) is 0 Å². The fraction of sp³-hybridized carbons (Fsp3) is 0.269. The van der Waals surface area contributed by atoms with E-state index in [1.807, 2.05) is 54.1 Å².